The number of guanidine groups is 1. The van der Waals surface area contributed by atoms with Gasteiger partial charge in [0.1, 0.15) is 11.6 Å². The number of halogens is 2. The van der Waals surface area contributed by atoms with E-state index in [1.54, 1.807) is 7.05 Å². The summed E-state index contributed by atoms with van der Waals surface area (Å²) in [5, 5.41) is 3.25. The number of aliphatic imine (C=N–C) groups is 1. The quantitative estimate of drug-likeness (QED) is 0.612. The summed E-state index contributed by atoms with van der Waals surface area (Å²) in [6.07, 6.45) is 0. The molecule has 3 rings (SSSR count). The minimum Gasteiger partial charge on any atom is -0.366 e. The molecule has 1 aliphatic rings. The molecule has 0 bridgehead atoms. The molecule has 0 aliphatic carbocycles. The zero-order valence-corrected chi connectivity index (χ0v) is 16.6. The van der Waals surface area contributed by atoms with Crippen molar-refractivity contribution in [1.29, 1.82) is 0 Å². The molecule has 1 saturated heterocycles. The molecular formula is C20H24F2N4OS. The Morgan fingerprint density at radius 2 is 1.82 bits per heavy atom. The maximum absolute atomic E-state index is 14.0. The summed E-state index contributed by atoms with van der Waals surface area (Å²) in [6, 6.07) is 12.9. The Kier molecular flexibility index (Phi) is 6.97. The lowest BCUT2D eigenvalue weighted by molar-refractivity contribution is 0.371. The van der Waals surface area contributed by atoms with Crippen LogP contribution < -0.4 is 10.2 Å². The number of hydrogen-bond donors (Lipinski definition) is 1. The molecule has 1 unspecified atom stereocenters. The van der Waals surface area contributed by atoms with Crippen LogP contribution in [0.3, 0.4) is 0 Å². The van der Waals surface area contributed by atoms with Crippen molar-refractivity contribution in [3.8, 4) is 0 Å². The molecule has 1 atom stereocenters. The van der Waals surface area contributed by atoms with Crippen molar-refractivity contribution in [3.05, 3.63) is 60.2 Å². The van der Waals surface area contributed by atoms with E-state index in [-0.39, 0.29) is 0 Å². The first kappa shape index (κ1) is 20.3. The van der Waals surface area contributed by atoms with Crippen molar-refractivity contribution < 1.29 is 13.0 Å². The number of piperazine rings is 1. The van der Waals surface area contributed by atoms with Crippen molar-refractivity contribution in [2.45, 2.75) is 4.90 Å². The van der Waals surface area contributed by atoms with E-state index in [0.29, 0.717) is 44.2 Å². The summed E-state index contributed by atoms with van der Waals surface area (Å²) < 4.78 is 39.7. The molecule has 0 spiro atoms. The van der Waals surface area contributed by atoms with Gasteiger partial charge in [-0.1, -0.05) is 18.2 Å². The maximum atomic E-state index is 14.0. The molecule has 0 amide bonds. The molecule has 0 saturated carbocycles. The Hall–Kier alpha value is -2.48. The van der Waals surface area contributed by atoms with Crippen LogP contribution in [0.1, 0.15) is 0 Å². The highest BCUT2D eigenvalue weighted by molar-refractivity contribution is 7.85. The summed E-state index contributed by atoms with van der Waals surface area (Å²) >= 11 is 0. The molecule has 1 N–H and O–H groups in total. The van der Waals surface area contributed by atoms with Gasteiger partial charge in [-0.15, -0.1) is 0 Å². The van der Waals surface area contributed by atoms with Crippen molar-refractivity contribution in [1.82, 2.24) is 10.2 Å². The molecule has 5 nitrogen and oxygen atoms in total. The van der Waals surface area contributed by atoms with Crippen LogP contribution in [0.5, 0.6) is 0 Å². The van der Waals surface area contributed by atoms with Gasteiger partial charge in [-0.05, 0) is 24.3 Å². The van der Waals surface area contributed by atoms with Crippen molar-refractivity contribution in [2.75, 3.05) is 50.4 Å². The second-order valence-electron chi connectivity index (χ2n) is 6.41. The minimum absolute atomic E-state index is 0.292. The van der Waals surface area contributed by atoms with Crippen molar-refractivity contribution in [2.24, 2.45) is 4.99 Å². The lowest BCUT2D eigenvalue weighted by atomic mass is 10.2. The topological polar surface area (TPSA) is 47.9 Å². The molecule has 1 heterocycles. The second kappa shape index (κ2) is 9.64. The van der Waals surface area contributed by atoms with E-state index in [2.05, 4.69) is 15.2 Å². The third-order valence-corrected chi connectivity index (χ3v) is 5.99. The molecule has 0 radical (unpaired) electrons. The van der Waals surface area contributed by atoms with Gasteiger partial charge in [0.2, 0.25) is 0 Å². The van der Waals surface area contributed by atoms with Crippen LogP contribution in [-0.4, -0.2) is 60.6 Å². The highest BCUT2D eigenvalue weighted by Crippen LogP contribution is 2.21. The number of rotatable bonds is 5. The predicted molar refractivity (Wildman–Crippen MR) is 109 cm³/mol. The van der Waals surface area contributed by atoms with Gasteiger partial charge in [0.05, 0.1) is 16.5 Å². The number of anilines is 1. The van der Waals surface area contributed by atoms with Gasteiger partial charge in [-0.2, -0.15) is 0 Å². The number of nitrogens with zero attached hydrogens (tertiary/aromatic N) is 3. The zero-order valence-electron chi connectivity index (χ0n) is 15.8. The lowest BCUT2D eigenvalue weighted by Gasteiger charge is -2.37. The van der Waals surface area contributed by atoms with Crippen molar-refractivity contribution >= 4 is 22.4 Å². The SMILES string of the molecule is CN=C(NCCS(=O)c1ccccc1)N1CCN(c2cc(F)ccc2F)CC1. The Balaban J connectivity index is 1.50. The van der Waals surface area contributed by atoms with Crippen LogP contribution >= 0.6 is 0 Å². The maximum Gasteiger partial charge on any atom is 0.193 e. The van der Waals surface area contributed by atoms with Crippen LogP contribution in [0.25, 0.3) is 0 Å². The van der Waals surface area contributed by atoms with E-state index in [4.69, 9.17) is 0 Å². The highest BCUT2D eigenvalue weighted by Gasteiger charge is 2.22. The fourth-order valence-corrected chi connectivity index (χ4v) is 4.15. The zero-order chi connectivity index (χ0) is 19.9. The molecule has 150 valence electrons. The van der Waals surface area contributed by atoms with Crippen LogP contribution in [0.4, 0.5) is 14.5 Å². The molecular weight excluding hydrogens is 382 g/mol. The van der Waals surface area contributed by atoms with E-state index in [0.717, 1.165) is 23.0 Å². The molecule has 2 aromatic rings. The molecule has 8 heteroatoms. The standard InChI is InChI=1S/C20H24F2N4OS/c1-23-20(24-9-14-28(27)17-5-3-2-4-6-17)26-12-10-25(11-13-26)19-15-16(21)7-8-18(19)22/h2-8,15H,9-14H2,1H3,(H,23,24). The van der Waals surface area contributed by atoms with Gasteiger partial charge in [0, 0.05) is 56.5 Å². The fraction of sp³-hybridized carbons (Fsp3) is 0.350. The minimum atomic E-state index is -1.06. The molecule has 0 aromatic heterocycles. The van der Waals surface area contributed by atoms with Gasteiger partial charge in [0.15, 0.2) is 5.96 Å². The van der Waals surface area contributed by atoms with Crippen LogP contribution in [0.2, 0.25) is 0 Å². The van der Waals surface area contributed by atoms with Gasteiger partial charge < -0.3 is 15.1 Å². The van der Waals surface area contributed by atoms with E-state index in [1.165, 1.54) is 6.07 Å². The van der Waals surface area contributed by atoms with Crippen LogP contribution in [-0.2, 0) is 10.8 Å². The summed E-state index contributed by atoms with van der Waals surface area (Å²) in [5.41, 5.74) is 0.292. The van der Waals surface area contributed by atoms with Gasteiger partial charge in [0.25, 0.3) is 0 Å². The average molecular weight is 407 g/mol. The predicted octanol–water partition coefficient (Wildman–Crippen LogP) is 2.47. The van der Waals surface area contributed by atoms with Gasteiger partial charge in [-0.25, -0.2) is 8.78 Å². The summed E-state index contributed by atoms with van der Waals surface area (Å²) in [5.74, 6) is 0.352. The first-order chi connectivity index (χ1) is 13.6. The largest absolute Gasteiger partial charge is 0.366 e. The Labute approximate surface area is 166 Å². The second-order valence-corrected chi connectivity index (χ2v) is 7.98. The summed E-state index contributed by atoms with van der Waals surface area (Å²) in [7, 11) is 0.640. The van der Waals surface area contributed by atoms with E-state index in [1.807, 2.05) is 35.2 Å². The monoisotopic (exact) mass is 406 g/mol. The van der Waals surface area contributed by atoms with Crippen LogP contribution in [0, 0.1) is 11.6 Å². The molecule has 1 aliphatic heterocycles. The Morgan fingerprint density at radius 3 is 2.50 bits per heavy atom. The Morgan fingerprint density at radius 1 is 1.11 bits per heavy atom. The third kappa shape index (κ3) is 5.07. The Bertz CT molecular complexity index is 839. The third-order valence-electron chi connectivity index (χ3n) is 4.62. The first-order valence-electron chi connectivity index (χ1n) is 9.17. The summed E-state index contributed by atoms with van der Waals surface area (Å²) in [4.78, 5) is 9.01. The summed E-state index contributed by atoms with van der Waals surface area (Å²) in [6.45, 7) is 2.94. The lowest BCUT2D eigenvalue weighted by Crippen LogP contribution is -2.53. The van der Waals surface area contributed by atoms with E-state index >= 15 is 0 Å². The van der Waals surface area contributed by atoms with E-state index < -0.39 is 22.4 Å². The van der Waals surface area contributed by atoms with Crippen LogP contribution in [0.15, 0.2) is 58.4 Å². The highest BCUT2D eigenvalue weighted by atomic mass is 32.2. The average Bonchev–Trinajstić information content (AvgIpc) is 2.74. The molecule has 1 fully saturated rings. The normalized spacial score (nSPS) is 16.2. The van der Waals surface area contributed by atoms with Gasteiger partial charge >= 0.3 is 0 Å². The fourth-order valence-electron chi connectivity index (χ4n) is 3.17. The van der Waals surface area contributed by atoms with Gasteiger partial charge in [-0.3, -0.25) is 9.20 Å². The number of hydrogen-bond acceptors (Lipinski definition) is 3. The first-order valence-corrected chi connectivity index (χ1v) is 10.5. The van der Waals surface area contributed by atoms with Crippen molar-refractivity contribution in [3.63, 3.8) is 0 Å². The molecule has 2 aromatic carbocycles. The number of benzene rings is 2. The van der Waals surface area contributed by atoms with E-state index in [9.17, 15) is 13.0 Å². The smallest absolute Gasteiger partial charge is 0.193 e. The number of nitrogens with one attached hydrogen (secondary N) is 1. The molecule has 28 heavy (non-hydrogen) atoms.